The van der Waals surface area contributed by atoms with Crippen LogP contribution in [0.3, 0.4) is 0 Å². The van der Waals surface area contributed by atoms with Crippen molar-refractivity contribution in [3.05, 3.63) is 0 Å². The van der Waals surface area contributed by atoms with Gasteiger partial charge < -0.3 is 25.2 Å². The zero-order valence-corrected chi connectivity index (χ0v) is 6.14. The molecule has 0 radical (unpaired) electrons. The number of rotatable bonds is 0. The summed E-state index contributed by atoms with van der Waals surface area (Å²) in [6.07, 6.45) is -3.95. The van der Waals surface area contributed by atoms with Crippen LogP contribution in [0.25, 0.3) is 0 Å². The molecule has 5 nitrogen and oxygen atoms in total. The lowest BCUT2D eigenvalue weighted by Crippen LogP contribution is -2.59. The van der Waals surface area contributed by atoms with Gasteiger partial charge in [-0.15, -0.1) is 0 Å². The fraction of sp³-hybridized carbons (Fsp3) is 1.00. The molecular weight excluding hydrogens is 152 g/mol. The standard InChI is InChI=1S/C6H12O5/c1-6(10)5(9)4(8)3(7)2-11-6/h3-5,7-10H,2H2,1H3/t3-,4-,5+,6?/m1/s1. The van der Waals surface area contributed by atoms with Crippen LogP contribution in [-0.2, 0) is 4.74 Å². The van der Waals surface area contributed by atoms with Gasteiger partial charge in [0.25, 0.3) is 0 Å². The van der Waals surface area contributed by atoms with Crippen LogP contribution in [0.4, 0.5) is 0 Å². The first-order chi connectivity index (χ1) is 4.95. The molecule has 1 aliphatic rings. The maximum atomic E-state index is 9.19. The molecule has 0 aliphatic carbocycles. The molecule has 0 spiro atoms. The minimum atomic E-state index is -1.77. The van der Waals surface area contributed by atoms with E-state index < -0.39 is 24.1 Å². The molecule has 66 valence electrons. The van der Waals surface area contributed by atoms with Crippen molar-refractivity contribution >= 4 is 0 Å². The molecule has 1 heterocycles. The van der Waals surface area contributed by atoms with Crippen LogP contribution >= 0.6 is 0 Å². The van der Waals surface area contributed by atoms with E-state index in [4.69, 9.17) is 15.3 Å². The zero-order chi connectivity index (χ0) is 8.65. The van der Waals surface area contributed by atoms with Crippen LogP contribution in [0, 0.1) is 0 Å². The van der Waals surface area contributed by atoms with Crippen molar-refractivity contribution in [3.63, 3.8) is 0 Å². The Balaban J connectivity index is 2.67. The lowest BCUT2D eigenvalue weighted by molar-refractivity contribution is -0.312. The average Bonchev–Trinajstić information content (AvgIpc) is 1.95. The summed E-state index contributed by atoms with van der Waals surface area (Å²) in [7, 11) is 0. The quantitative estimate of drug-likeness (QED) is 0.326. The van der Waals surface area contributed by atoms with E-state index in [0.717, 1.165) is 0 Å². The maximum Gasteiger partial charge on any atom is 0.191 e. The Bertz CT molecular complexity index is 146. The smallest absolute Gasteiger partial charge is 0.191 e. The van der Waals surface area contributed by atoms with E-state index in [-0.39, 0.29) is 6.61 Å². The average molecular weight is 164 g/mol. The predicted molar refractivity (Wildman–Crippen MR) is 34.6 cm³/mol. The molecular formula is C6H12O5. The molecule has 0 aromatic carbocycles. The van der Waals surface area contributed by atoms with Crippen molar-refractivity contribution in [2.24, 2.45) is 0 Å². The summed E-state index contributed by atoms with van der Waals surface area (Å²) >= 11 is 0. The van der Waals surface area contributed by atoms with Crippen LogP contribution in [-0.4, -0.2) is 51.1 Å². The molecule has 4 N–H and O–H groups in total. The third-order valence-corrected chi connectivity index (χ3v) is 1.81. The second-order valence-electron chi connectivity index (χ2n) is 2.87. The Morgan fingerprint density at radius 2 is 1.91 bits per heavy atom. The normalized spacial score (nSPS) is 52.6. The molecule has 4 atom stereocenters. The van der Waals surface area contributed by atoms with Gasteiger partial charge in [0.2, 0.25) is 0 Å². The van der Waals surface area contributed by atoms with Gasteiger partial charge in [-0.1, -0.05) is 0 Å². The number of aliphatic hydroxyl groups is 4. The van der Waals surface area contributed by atoms with E-state index in [2.05, 4.69) is 4.74 Å². The minimum Gasteiger partial charge on any atom is -0.388 e. The van der Waals surface area contributed by atoms with Gasteiger partial charge in [0.1, 0.15) is 18.3 Å². The van der Waals surface area contributed by atoms with E-state index in [1.807, 2.05) is 0 Å². The third-order valence-electron chi connectivity index (χ3n) is 1.81. The van der Waals surface area contributed by atoms with Crippen molar-refractivity contribution in [3.8, 4) is 0 Å². The van der Waals surface area contributed by atoms with Crippen LogP contribution in [0.15, 0.2) is 0 Å². The van der Waals surface area contributed by atoms with E-state index in [1.54, 1.807) is 0 Å². The van der Waals surface area contributed by atoms with Crippen LogP contribution in [0.2, 0.25) is 0 Å². The van der Waals surface area contributed by atoms with Gasteiger partial charge in [0.15, 0.2) is 5.79 Å². The van der Waals surface area contributed by atoms with Gasteiger partial charge in [-0.2, -0.15) is 0 Å². The lowest BCUT2D eigenvalue weighted by Gasteiger charge is -2.39. The summed E-state index contributed by atoms with van der Waals surface area (Å²) in [5, 5.41) is 36.3. The summed E-state index contributed by atoms with van der Waals surface area (Å²) in [5.74, 6) is -1.77. The molecule has 1 unspecified atom stereocenters. The highest BCUT2D eigenvalue weighted by molar-refractivity contribution is 4.88. The summed E-state index contributed by atoms with van der Waals surface area (Å²) in [6.45, 7) is 1.05. The van der Waals surface area contributed by atoms with Crippen molar-refractivity contribution in [2.75, 3.05) is 6.61 Å². The second-order valence-corrected chi connectivity index (χ2v) is 2.87. The molecule has 1 saturated heterocycles. The van der Waals surface area contributed by atoms with Crippen LogP contribution in [0.5, 0.6) is 0 Å². The maximum absolute atomic E-state index is 9.19. The highest BCUT2D eigenvalue weighted by Crippen LogP contribution is 2.22. The number of hydrogen-bond acceptors (Lipinski definition) is 5. The van der Waals surface area contributed by atoms with Crippen molar-refractivity contribution in [2.45, 2.75) is 31.0 Å². The Morgan fingerprint density at radius 3 is 2.36 bits per heavy atom. The molecule has 5 heteroatoms. The zero-order valence-electron chi connectivity index (χ0n) is 6.14. The topological polar surface area (TPSA) is 90.2 Å². The van der Waals surface area contributed by atoms with E-state index >= 15 is 0 Å². The number of ether oxygens (including phenoxy) is 1. The largest absolute Gasteiger partial charge is 0.388 e. The van der Waals surface area contributed by atoms with Gasteiger partial charge in [-0.05, 0) is 6.92 Å². The van der Waals surface area contributed by atoms with E-state index in [1.165, 1.54) is 6.92 Å². The Kier molecular flexibility index (Phi) is 2.17. The molecule has 0 amide bonds. The van der Waals surface area contributed by atoms with Gasteiger partial charge in [-0.25, -0.2) is 0 Å². The first kappa shape index (κ1) is 8.89. The SMILES string of the molecule is CC1(O)OC[C@@H](O)[C@@H](O)[C@@H]1O. The monoisotopic (exact) mass is 164 g/mol. The van der Waals surface area contributed by atoms with Crippen LogP contribution < -0.4 is 0 Å². The Morgan fingerprint density at radius 1 is 1.36 bits per heavy atom. The fourth-order valence-electron chi connectivity index (χ4n) is 0.965. The summed E-state index contributed by atoms with van der Waals surface area (Å²) < 4.78 is 4.66. The van der Waals surface area contributed by atoms with Crippen molar-refractivity contribution in [1.82, 2.24) is 0 Å². The van der Waals surface area contributed by atoms with E-state index in [0.29, 0.717) is 0 Å². The van der Waals surface area contributed by atoms with Crippen molar-refractivity contribution in [1.29, 1.82) is 0 Å². The highest BCUT2D eigenvalue weighted by atomic mass is 16.6. The molecule has 0 aromatic heterocycles. The van der Waals surface area contributed by atoms with Crippen molar-refractivity contribution < 1.29 is 25.2 Å². The fourth-order valence-corrected chi connectivity index (χ4v) is 0.965. The van der Waals surface area contributed by atoms with E-state index in [9.17, 15) is 5.11 Å². The first-order valence-electron chi connectivity index (χ1n) is 3.35. The first-order valence-corrected chi connectivity index (χ1v) is 3.35. The highest BCUT2D eigenvalue weighted by Gasteiger charge is 2.44. The summed E-state index contributed by atoms with van der Waals surface area (Å²) in [6, 6.07) is 0. The molecule has 1 fully saturated rings. The molecule has 0 aromatic rings. The minimum absolute atomic E-state index is 0.175. The van der Waals surface area contributed by atoms with Gasteiger partial charge >= 0.3 is 0 Å². The second kappa shape index (κ2) is 2.69. The number of aliphatic hydroxyl groups excluding tert-OH is 3. The molecule has 0 bridgehead atoms. The molecule has 11 heavy (non-hydrogen) atoms. The predicted octanol–water partition coefficient (Wildman–Crippen LogP) is -2.19. The lowest BCUT2D eigenvalue weighted by atomic mass is 9.98. The summed E-state index contributed by atoms with van der Waals surface area (Å²) in [5.41, 5.74) is 0. The van der Waals surface area contributed by atoms with Gasteiger partial charge in [-0.3, -0.25) is 0 Å². The van der Waals surface area contributed by atoms with Gasteiger partial charge in [0, 0.05) is 0 Å². The Labute approximate surface area is 63.8 Å². The number of hydrogen-bond donors (Lipinski definition) is 4. The third kappa shape index (κ3) is 1.52. The molecule has 1 rings (SSSR count). The van der Waals surface area contributed by atoms with Crippen LogP contribution in [0.1, 0.15) is 6.92 Å². The molecule has 0 saturated carbocycles. The van der Waals surface area contributed by atoms with Gasteiger partial charge in [0.05, 0.1) is 6.61 Å². The molecule has 1 aliphatic heterocycles. The Hall–Kier alpha value is -0.200. The summed E-state index contributed by atoms with van der Waals surface area (Å²) in [4.78, 5) is 0.